The number of benzene rings is 1. The lowest BCUT2D eigenvalue weighted by Gasteiger charge is -2.19. The SMILES string of the molecule is COc1ccc(C(Br)CC2CCCCCC2)c(Cl)c1. The fraction of sp³-hybridized carbons (Fsp3) is 0.625. The Morgan fingerprint density at radius 2 is 1.95 bits per heavy atom. The van der Waals surface area contributed by atoms with Crippen molar-refractivity contribution >= 4 is 27.5 Å². The Bertz CT molecular complexity index is 400. The average molecular weight is 346 g/mol. The second kappa shape index (κ2) is 7.54. The van der Waals surface area contributed by atoms with Crippen molar-refractivity contribution in [1.82, 2.24) is 0 Å². The Kier molecular flexibility index (Phi) is 6.03. The van der Waals surface area contributed by atoms with E-state index in [4.69, 9.17) is 16.3 Å². The lowest BCUT2D eigenvalue weighted by Crippen LogP contribution is -2.03. The minimum absolute atomic E-state index is 0.356. The van der Waals surface area contributed by atoms with Gasteiger partial charge in [-0.2, -0.15) is 0 Å². The molecule has 19 heavy (non-hydrogen) atoms. The molecule has 1 aromatic rings. The predicted octanol–water partition coefficient (Wildman–Crippen LogP) is 6.15. The highest BCUT2D eigenvalue weighted by Gasteiger charge is 2.19. The van der Waals surface area contributed by atoms with Crippen molar-refractivity contribution in [3.8, 4) is 5.75 Å². The zero-order valence-electron chi connectivity index (χ0n) is 11.5. The van der Waals surface area contributed by atoms with Crippen molar-refractivity contribution in [3.05, 3.63) is 28.8 Å². The molecule has 1 saturated carbocycles. The fourth-order valence-corrected chi connectivity index (χ4v) is 4.27. The molecule has 0 saturated heterocycles. The average Bonchev–Trinajstić information content (AvgIpc) is 2.67. The second-order valence-electron chi connectivity index (χ2n) is 5.45. The summed E-state index contributed by atoms with van der Waals surface area (Å²) in [5.41, 5.74) is 1.19. The van der Waals surface area contributed by atoms with Gasteiger partial charge in [-0.1, -0.05) is 72.1 Å². The van der Waals surface area contributed by atoms with Crippen molar-refractivity contribution in [2.75, 3.05) is 7.11 Å². The number of rotatable bonds is 4. The number of alkyl halides is 1. The first-order valence-corrected chi connectivity index (χ1v) is 8.47. The van der Waals surface area contributed by atoms with Crippen LogP contribution in [0.5, 0.6) is 5.75 Å². The first-order chi connectivity index (χ1) is 9.20. The molecule has 0 heterocycles. The molecule has 1 fully saturated rings. The van der Waals surface area contributed by atoms with Crippen LogP contribution in [0.2, 0.25) is 5.02 Å². The van der Waals surface area contributed by atoms with E-state index in [2.05, 4.69) is 22.0 Å². The highest BCUT2D eigenvalue weighted by atomic mass is 79.9. The van der Waals surface area contributed by atoms with Gasteiger partial charge in [0.2, 0.25) is 0 Å². The van der Waals surface area contributed by atoms with Crippen LogP contribution in [0.4, 0.5) is 0 Å². The van der Waals surface area contributed by atoms with E-state index in [1.54, 1.807) is 7.11 Å². The van der Waals surface area contributed by atoms with Gasteiger partial charge in [0.1, 0.15) is 5.75 Å². The number of hydrogen-bond acceptors (Lipinski definition) is 1. The van der Waals surface area contributed by atoms with Gasteiger partial charge < -0.3 is 4.74 Å². The van der Waals surface area contributed by atoms with Crippen LogP contribution in [0.3, 0.4) is 0 Å². The van der Waals surface area contributed by atoms with Gasteiger partial charge in [-0.05, 0) is 30.0 Å². The maximum absolute atomic E-state index is 6.34. The molecule has 2 rings (SSSR count). The van der Waals surface area contributed by atoms with E-state index >= 15 is 0 Å². The molecule has 106 valence electrons. The Labute approximate surface area is 129 Å². The van der Waals surface area contributed by atoms with E-state index < -0.39 is 0 Å². The third kappa shape index (κ3) is 4.39. The van der Waals surface area contributed by atoms with Crippen LogP contribution in [0, 0.1) is 5.92 Å². The number of hydrogen-bond donors (Lipinski definition) is 0. The first kappa shape index (κ1) is 15.2. The Hall–Kier alpha value is -0.210. The van der Waals surface area contributed by atoms with Crippen LogP contribution >= 0.6 is 27.5 Å². The summed E-state index contributed by atoms with van der Waals surface area (Å²) >= 11 is 10.2. The molecule has 1 atom stereocenters. The summed E-state index contributed by atoms with van der Waals surface area (Å²) in [5, 5.41) is 0.801. The molecule has 0 spiro atoms. The number of ether oxygens (including phenoxy) is 1. The summed E-state index contributed by atoms with van der Waals surface area (Å²) in [6, 6.07) is 5.97. The van der Waals surface area contributed by atoms with Gasteiger partial charge in [-0.3, -0.25) is 0 Å². The quantitative estimate of drug-likeness (QED) is 0.470. The van der Waals surface area contributed by atoms with Gasteiger partial charge in [0.05, 0.1) is 7.11 Å². The van der Waals surface area contributed by atoms with E-state index in [9.17, 15) is 0 Å². The lowest BCUT2D eigenvalue weighted by molar-refractivity contribution is 0.413. The van der Waals surface area contributed by atoms with Crippen LogP contribution in [0.15, 0.2) is 18.2 Å². The summed E-state index contributed by atoms with van der Waals surface area (Å²) in [6.45, 7) is 0. The molecule has 0 bridgehead atoms. The second-order valence-corrected chi connectivity index (χ2v) is 6.96. The van der Waals surface area contributed by atoms with Crippen LogP contribution in [0.25, 0.3) is 0 Å². The predicted molar refractivity (Wildman–Crippen MR) is 85.5 cm³/mol. The lowest BCUT2D eigenvalue weighted by atomic mass is 9.93. The molecule has 1 nitrogen and oxygen atoms in total. The summed E-state index contributed by atoms with van der Waals surface area (Å²) in [5.74, 6) is 1.66. The fourth-order valence-electron chi connectivity index (χ4n) is 2.91. The Morgan fingerprint density at radius 3 is 2.53 bits per heavy atom. The summed E-state index contributed by atoms with van der Waals surface area (Å²) in [6.07, 6.45) is 9.53. The van der Waals surface area contributed by atoms with Gasteiger partial charge in [0.25, 0.3) is 0 Å². The van der Waals surface area contributed by atoms with Gasteiger partial charge in [-0.15, -0.1) is 0 Å². The molecular weight excluding hydrogens is 324 g/mol. The molecule has 1 unspecified atom stereocenters. The number of methoxy groups -OCH3 is 1. The standard InChI is InChI=1S/C16H22BrClO/c1-19-13-8-9-14(16(18)11-13)15(17)10-12-6-4-2-3-5-7-12/h8-9,11-12,15H,2-7,10H2,1H3. The topological polar surface area (TPSA) is 9.23 Å². The van der Waals surface area contributed by atoms with Crippen molar-refractivity contribution in [3.63, 3.8) is 0 Å². The van der Waals surface area contributed by atoms with Gasteiger partial charge >= 0.3 is 0 Å². The Morgan fingerprint density at radius 1 is 1.26 bits per heavy atom. The molecule has 0 amide bonds. The molecule has 3 heteroatoms. The normalized spacial score (nSPS) is 18.9. The number of halogens is 2. The minimum atomic E-state index is 0.356. The van der Waals surface area contributed by atoms with Crippen LogP contribution in [0.1, 0.15) is 55.3 Å². The van der Waals surface area contributed by atoms with E-state index in [0.29, 0.717) is 4.83 Å². The summed E-state index contributed by atoms with van der Waals surface area (Å²) < 4.78 is 5.20. The first-order valence-electron chi connectivity index (χ1n) is 7.18. The maximum Gasteiger partial charge on any atom is 0.120 e. The minimum Gasteiger partial charge on any atom is -0.497 e. The zero-order valence-corrected chi connectivity index (χ0v) is 13.8. The van der Waals surface area contributed by atoms with E-state index in [1.807, 2.05) is 12.1 Å². The Balaban J connectivity index is 2.00. The largest absolute Gasteiger partial charge is 0.497 e. The van der Waals surface area contributed by atoms with E-state index in [1.165, 1.54) is 50.5 Å². The molecule has 0 aliphatic heterocycles. The monoisotopic (exact) mass is 344 g/mol. The van der Waals surface area contributed by atoms with Gasteiger partial charge in [0.15, 0.2) is 0 Å². The van der Waals surface area contributed by atoms with E-state index in [0.717, 1.165) is 16.7 Å². The highest BCUT2D eigenvalue weighted by molar-refractivity contribution is 9.09. The summed E-state index contributed by atoms with van der Waals surface area (Å²) in [4.78, 5) is 0.356. The smallest absolute Gasteiger partial charge is 0.120 e. The molecule has 0 aromatic heterocycles. The molecule has 1 aliphatic rings. The third-order valence-corrected chi connectivity index (χ3v) is 5.25. The molecule has 1 aromatic carbocycles. The van der Waals surface area contributed by atoms with Gasteiger partial charge in [-0.25, -0.2) is 0 Å². The summed E-state index contributed by atoms with van der Waals surface area (Å²) in [7, 11) is 1.67. The molecule has 0 radical (unpaired) electrons. The van der Waals surface area contributed by atoms with Crippen LogP contribution in [-0.4, -0.2) is 7.11 Å². The van der Waals surface area contributed by atoms with Gasteiger partial charge in [0, 0.05) is 9.85 Å². The molecule has 0 N–H and O–H groups in total. The maximum atomic E-state index is 6.34. The van der Waals surface area contributed by atoms with Crippen molar-refractivity contribution in [1.29, 1.82) is 0 Å². The van der Waals surface area contributed by atoms with Crippen LogP contribution < -0.4 is 4.74 Å². The van der Waals surface area contributed by atoms with Crippen molar-refractivity contribution < 1.29 is 4.74 Å². The van der Waals surface area contributed by atoms with Crippen molar-refractivity contribution in [2.24, 2.45) is 5.92 Å². The third-order valence-electron chi connectivity index (χ3n) is 4.06. The molecular formula is C16H22BrClO. The van der Waals surface area contributed by atoms with Crippen molar-refractivity contribution in [2.45, 2.75) is 49.8 Å². The highest BCUT2D eigenvalue weighted by Crippen LogP contribution is 2.39. The molecule has 1 aliphatic carbocycles. The van der Waals surface area contributed by atoms with Crippen LogP contribution in [-0.2, 0) is 0 Å². The zero-order chi connectivity index (χ0) is 13.7. The van der Waals surface area contributed by atoms with E-state index in [-0.39, 0.29) is 0 Å².